The molecule has 0 unspecified atom stereocenters. The first-order valence-corrected chi connectivity index (χ1v) is 6.37. The van der Waals surface area contributed by atoms with Crippen molar-refractivity contribution in [2.75, 3.05) is 0 Å². The van der Waals surface area contributed by atoms with Crippen LogP contribution in [0.1, 0.15) is 5.56 Å². The molecule has 20 heavy (non-hydrogen) atoms. The van der Waals surface area contributed by atoms with Gasteiger partial charge in [-0.15, -0.1) is 0 Å². The Morgan fingerprint density at radius 3 is 2.25 bits per heavy atom. The molecule has 0 amide bonds. The van der Waals surface area contributed by atoms with Crippen LogP contribution in [0.15, 0.2) is 71.7 Å². The number of hydrogen-bond donors (Lipinski definition) is 1. The molecule has 0 aliphatic rings. The van der Waals surface area contributed by atoms with Gasteiger partial charge in [0, 0.05) is 12.3 Å². The normalized spacial score (nSPS) is 10.4. The van der Waals surface area contributed by atoms with Crippen LogP contribution in [0.2, 0.25) is 0 Å². The summed E-state index contributed by atoms with van der Waals surface area (Å²) in [5, 5.41) is 2.71. The highest BCUT2D eigenvalue weighted by atomic mass is 16.5. The van der Waals surface area contributed by atoms with Crippen LogP contribution in [0, 0.1) is 0 Å². The largest absolute Gasteiger partial charge is 0.457 e. The summed E-state index contributed by atoms with van der Waals surface area (Å²) in [4.78, 5) is 11.0. The van der Waals surface area contributed by atoms with Crippen molar-refractivity contribution < 1.29 is 4.74 Å². The Hall–Kier alpha value is -2.75. The molecule has 1 heterocycles. The molecule has 0 saturated heterocycles. The van der Waals surface area contributed by atoms with Gasteiger partial charge < -0.3 is 4.74 Å². The maximum absolute atomic E-state index is 11.0. The van der Waals surface area contributed by atoms with Crippen LogP contribution in [-0.2, 0) is 6.54 Å². The van der Waals surface area contributed by atoms with E-state index in [1.54, 1.807) is 10.9 Å². The van der Waals surface area contributed by atoms with E-state index in [4.69, 9.17) is 4.74 Å². The Kier molecular flexibility index (Phi) is 3.37. The molecule has 4 nitrogen and oxygen atoms in total. The molecule has 4 heteroatoms. The van der Waals surface area contributed by atoms with Crippen LogP contribution in [0.25, 0.3) is 0 Å². The highest BCUT2D eigenvalue weighted by Crippen LogP contribution is 2.21. The minimum absolute atomic E-state index is 0.0889. The lowest BCUT2D eigenvalue weighted by Crippen LogP contribution is -2.06. The van der Waals surface area contributed by atoms with E-state index >= 15 is 0 Å². The average molecular weight is 266 g/mol. The number of ether oxygens (including phenoxy) is 1. The third-order valence-corrected chi connectivity index (χ3v) is 2.91. The summed E-state index contributed by atoms with van der Waals surface area (Å²) < 4.78 is 7.47. The summed E-state index contributed by atoms with van der Waals surface area (Å²) in [6.07, 6.45) is 1.73. The second kappa shape index (κ2) is 5.48. The van der Waals surface area contributed by atoms with Gasteiger partial charge in [0.25, 0.3) is 5.56 Å². The lowest BCUT2D eigenvalue weighted by molar-refractivity contribution is 0.482. The van der Waals surface area contributed by atoms with Crippen molar-refractivity contribution in [2.24, 2.45) is 0 Å². The quantitative estimate of drug-likeness (QED) is 0.789. The van der Waals surface area contributed by atoms with Crippen LogP contribution < -0.4 is 10.3 Å². The Labute approximate surface area is 116 Å². The van der Waals surface area contributed by atoms with Gasteiger partial charge >= 0.3 is 0 Å². The summed E-state index contributed by atoms with van der Waals surface area (Å²) >= 11 is 0. The zero-order valence-corrected chi connectivity index (χ0v) is 10.8. The van der Waals surface area contributed by atoms with E-state index in [-0.39, 0.29) is 5.56 Å². The van der Waals surface area contributed by atoms with E-state index in [1.807, 2.05) is 54.6 Å². The number of aromatic nitrogens is 2. The van der Waals surface area contributed by atoms with Gasteiger partial charge in [-0.1, -0.05) is 30.3 Å². The standard InChI is InChI=1S/C16H14N2O2/c19-16-10-11-18(17-16)12-13-6-8-15(9-7-13)20-14-4-2-1-3-5-14/h1-11H,12H2,(H,17,19). The highest BCUT2D eigenvalue weighted by molar-refractivity contribution is 5.32. The highest BCUT2D eigenvalue weighted by Gasteiger charge is 1.99. The van der Waals surface area contributed by atoms with Crippen molar-refractivity contribution in [3.8, 4) is 11.5 Å². The third kappa shape index (κ3) is 2.98. The van der Waals surface area contributed by atoms with Crippen LogP contribution in [0.3, 0.4) is 0 Å². The number of rotatable bonds is 4. The molecular formula is C16H14N2O2. The molecule has 0 atom stereocenters. The second-order valence-electron chi connectivity index (χ2n) is 4.48. The number of H-pyrrole nitrogens is 1. The van der Waals surface area contributed by atoms with Crippen molar-refractivity contribution >= 4 is 0 Å². The fourth-order valence-corrected chi connectivity index (χ4v) is 1.95. The van der Waals surface area contributed by atoms with E-state index in [1.165, 1.54) is 6.07 Å². The maximum atomic E-state index is 11.0. The SMILES string of the molecule is O=c1ccn(Cc2ccc(Oc3ccccc3)cc2)[nH]1. The summed E-state index contributed by atoms with van der Waals surface area (Å²) in [6.45, 7) is 0.633. The third-order valence-electron chi connectivity index (χ3n) is 2.91. The van der Waals surface area contributed by atoms with E-state index < -0.39 is 0 Å². The Morgan fingerprint density at radius 2 is 1.60 bits per heavy atom. The van der Waals surface area contributed by atoms with Gasteiger partial charge in [-0.2, -0.15) is 0 Å². The smallest absolute Gasteiger partial charge is 0.264 e. The van der Waals surface area contributed by atoms with Crippen LogP contribution in [-0.4, -0.2) is 9.78 Å². The van der Waals surface area contributed by atoms with Gasteiger partial charge in [0.05, 0.1) is 6.54 Å². The van der Waals surface area contributed by atoms with E-state index in [0.29, 0.717) is 6.54 Å². The lowest BCUT2D eigenvalue weighted by atomic mass is 10.2. The Bertz CT molecular complexity index is 727. The Balaban J connectivity index is 1.70. The van der Waals surface area contributed by atoms with Gasteiger partial charge in [-0.25, -0.2) is 0 Å². The first-order valence-electron chi connectivity index (χ1n) is 6.37. The molecular weight excluding hydrogens is 252 g/mol. The monoisotopic (exact) mass is 266 g/mol. The molecule has 0 aliphatic heterocycles. The van der Waals surface area contributed by atoms with Gasteiger partial charge in [-0.05, 0) is 29.8 Å². The summed E-state index contributed by atoms with van der Waals surface area (Å²) in [6, 6.07) is 19.0. The fourth-order valence-electron chi connectivity index (χ4n) is 1.95. The van der Waals surface area contributed by atoms with E-state index in [0.717, 1.165) is 17.1 Å². The zero-order valence-electron chi connectivity index (χ0n) is 10.8. The fraction of sp³-hybridized carbons (Fsp3) is 0.0625. The molecule has 1 aromatic heterocycles. The molecule has 3 rings (SSSR count). The van der Waals surface area contributed by atoms with Crippen molar-refractivity contribution in [3.63, 3.8) is 0 Å². The molecule has 2 aromatic carbocycles. The van der Waals surface area contributed by atoms with Crippen molar-refractivity contribution in [3.05, 3.63) is 82.8 Å². The Morgan fingerprint density at radius 1 is 0.900 bits per heavy atom. The molecule has 0 saturated carbocycles. The predicted octanol–water partition coefficient (Wildman–Crippen LogP) is 3.02. The number of aromatic amines is 1. The molecule has 0 aliphatic carbocycles. The predicted molar refractivity (Wildman–Crippen MR) is 77.1 cm³/mol. The zero-order chi connectivity index (χ0) is 13.8. The molecule has 0 fully saturated rings. The minimum atomic E-state index is -0.0889. The van der Waals surface area contributed by atoms with Gasteiger partial charge in [0.15, 0.2) is 0 Å². The first-order chi connectivity index (χ1) is 9.79. The number of benzene rings is 2. The van der Waals surface area contributed by atoms with Gasteiger partial charge in [-0.3, -0.25) is 14.6 Å². The number of nitrogens with one attached hydrogen (secondary N) is 1. The summed E-state index contributed by atoms with van der Waals surface area (Å²) in [5.74, 6) is 1.61. The van der Waals surface area contributed by atoms with Crippen LogP contribution in [0.5, 0.6) is 11.5 Å². The van der Waals surface area contributed by atoms with Crippen molar-refractivity contribution in [1.82, 2.24) is 9.78 Å². The average Bonchev–Trinajstić information content (AvgIpc) is 2.88. The number of hydrogen-bond acceptors (Lipinski definition) is 2. The first kappa shape index (κ1) is 12.3. The molecule has 0 bridgehead atoms. The van der Waals surface area contributed by atoms with Gasteiger partial charge in [0.1, 0.15) is 11.5 Å². The van der Waals surface area contributed by atoms with Crippen molar-refractivity contribution in [1.29, 1.82) is 0 Å². The molecule has 100 valence electrons. The number of nitrogens with zero attached hydrogens (tertiary/aromatic N) is 1. The van der Waals surface area contributed by atoms with Crippen LogP contribution >= 0.6 is 0 Å². The van der Waals surface area contributed by atoms with E-state index in [9.17, 15) is 4.79 Å². The van der Waals surface area contributed by atoms with Crippen LogP contribution in [0.4, 0.5) is 0 Å². The van der Waals surface area contributed by atoms with E-state index in [2.05, 4.69) is 5.10 Å². The molecule has 0 radical (unpaired) electrons. The molecule has 3 aromatic rings. The summed E-state index contributed by atoms with van der Waals surface area (Å²) in [5.41, 5.74) is 1.01. The molecule has 1 N–H and O–H groups in total. The maximum Gasteiger partial charge on any atom is 0.264 e. The second-order valence-corrected chi connectivity index (χ2v) is 4.48. The molecule has 0 spiro atoms. The van der Waals surface area contributed by atoms with Crippen molar-refractivity contribution in [2.45, 2.75) is 6.54 Å². The number of para-hydroxylation sites is 1. The minimum Gasteiger partial charge on any atom is -0.457 e. The summed E-state index contributed by atoms with van der Waals surface area (Å²) in [7, 11) is 0. The lowest BCUT2D eigenvalue weighted by Gasteiger charge is -2.07. The van der Waals surface area contributed by atoms with Gasteiger partial charge in [0.2, 0.25) is 0 Å². The topological polar surface area (TPSA) is 47.0 Å².